The third-order valence-electron chi connectivity index (χ3n) is 3.06. The van der Waals surface area contributed by atoms with Crippen molar-refractivity contribution in [2.24, 2.45) is 4.99 Å². The zero-order valence-electron chi connectivity index (χ0n) is 11.8. The molecule has 2 aromatic rings. The van der Waals surface area contributed by atoms with Gasteiger partial charge in [-0.05, 0) is 31.2 Å². The van der Waals surface area contributed by atoms with Crippen LogP contribution in [0.3, 0.4) is 0 Å². The highest BCUT2D eigenvalue weighted by molar-refractivity contribution is 6.36. The van der Waals surface area contributed by atoms with E-state index in [0.29, 0.717) is 39.6 Å². The van der Waals surface area contributed by atoms with Crippen LogP contribution >= 0.6 is 23.2 Å². The Kier molecular flexibility index (Phi) is 4.41. The van der Waals surface area contributed by atoms with Gasteiger partial charge in [0.2, 0.25) is 6.79 Å². The first-order chi connectivity index (χ1) is 10.7. The van der Waals surface area contributed by atoms with Gasteiger partial charge in [0.25, 0.3) is 0 Å². The van der Waals surface area contributed by atoms with Gasteiger partial charge in [0.15, 0.2) is 11.5 Å². The molecule has 1 heterocycles. The minimum atomic E-state index is 0.213. The fourth-order valence-corrected chi connectivity index (χ4v) is 2.50. The Morgan fingerprint density at radius 1 is 1.18 bits per heavy atom. The summed E-state index contributed by atoms with van der Waals surface area (Å²) in [7, 11) is 0. The molecule has 0 saturated heterocycles. The van der Waals surface area contributed by atoms with Crippen molar-refractivity contribution in [2.75, 3.05) is 13.4 Å². The lowest BCUT2D eigenvalue weighted by atomic mass is 10.2. The molecule has 22 heavy (non-hydrogen) atoms. The number of ether oxygens (including phenoxy) is 3. The minimum Gasteiger partial charge on any atom is -0.493 e. The Bertz CT molecular complexity index is 732. The van der Waals surface area contributed by atoms with Crippen LogP contribution in [0, 0.1) is 0 Å². The number of nitrogens with zero attached hydrogens (tertiary/aromatic N) is 1. The van der Waals surface area contributed by atoms with Gasteiger partial charge in [-0.25, -0.2) is 0 Å². The monoisotopic (exact) mass is 337 g/mol. The van der Waals surface area contributed by atoms with Gasteiger partial charge in [-0.3, -0.25) is 4.99 Å². The highest BCUT2D eigenvalue weighted by Crippen LogP contribution is 2.38. The van der Waals surface area contributed by atoms with Crippen LogP contribution in [0.1, 0.15) is 12.5 Å². The molecule has 6 heteroatoms. The van der Waals surface area contributed by atoms with Crippen LogP contribution < -0.4 is 14.2 Å². The molecule has 0 spiro atoms. The van der Waals surface area contributed by atoms with Gasteiger partial charge in [0, 0.05) is 22.9 Å². The van der Waals surface area contributed by atoms with E-state index in [1.165, 1.54) is 0 Å². The van der Waals surface area contributed by atoms with Crippen molar-refractivity contribution in [2.45, 2.75) is 6.92 Å². The number of hydrogen-bond donors (Lipinski definition) is 0. The number of rotatable bonds is 4. The molecule has 1 aliphatic rings. The molecule has 114 valence electrons. The molecule has 4 nitrogen and oxygen atoms in total. The first-order valence-electron chi connectivity index (χ1n) is 6.73. The second kappa shape index (κ2) is 6.46. The second-order valence-electron chi connectivity index (χ2n) is 4.53. The molecule has 0 aliphatic carbocycles. The van der Waals surface area contributed by atoms with Crippen molar-refractivity contribution in [1.82, 2.24) is 0 Å². The maximum absolute atomic E-state index is 6.12. The van der Waals surface area contributed by atoms with E-state index in [9.17, 15) is 0 Å². The molecule has 0 saturated carbocycles. The molecule has 0 aromatic heterocycles. The van der Waals surface area contributed by atoms with E-state index < -0.39 is 0 Å². The van der Waals surface area contributed by atoms with Gasteiger partial charge in [0.1, 0.15) is 5.75 Å². The van der Waals surface area contributed by atoms with Crippen molar-refractivity contribution < 1.29 is 14.2 Å². The number of aliphatic imine (C=N–C) groups is 1. The van der Waals surface area contributed by atoms with E-state index in [1.54, 1.807) is 30.5 Å². The predicted octanol–water partition coefficient (Wildman–Crippen LogP) is 4.87. The number of benzene rings is 2. The van der Waals surface area contributed by atoms with Gasteiger partial charge in [-0.1, -0.05) is 23.2 Å². The lowest BCUT2D eigenvalue weighted by Gasteiger charge is -2.08. The Hall–Kier alpha value is -1.91. The predicted molar refractivity (Wildman–Crippen MR) is 87.5 cm³/mol. The van der Waals surface area contributed by atoms with E-state index in [-0.39, 0.29) is 6.79 Å². The molecule has 3 rings (SSSR count). The van der Waals surface area contributed by atoms with E-state index in [0.717, 1.165) is 5.56 Å². The Morgan fingerprint density at radius 2 is 1.95 bits per heavy atom. The lowest BCUT2D eigenvalue weighted by molar-refractivity contribution is 0.174. The highest BCUT2D eigenvalue weighted by atomic mass is 35.5. The summed E-state index contributed by atoms with van der Waals surface area (Å²) in [6.07, 6.45) is 1.68. The SMILES string of the molecule is CCOc1cc2c(cc1C=Nc1ccc(Cl)cc1Cl)OCO2. The number of halogens is 2. The number of hydrogen-bond acceptors (Lipinski definition) is 4. The minimum absolute atomic E-state index is 0.213. The van der Waals surface area contributed by atoms with Crippen LogP contribution in [0.25, 0.3) is 0 Å². The summed E-state index contributed by atoms with van der Waals surface area (Å²) >= 11 is 12.0. The maximum atomic E-state index is 6.12. The van der Waals surface area contributed by atoms with Crippen molar-refractivity contribution in [3.63, 3.8) is 0 Å². The van der Waals surface area contributed by atoms with E-state index in [4.69, 9.17) is 37.4 Å². The smallest absolute Gasteiger partial charge is 0.231 e. The normalized spacial score (nSPS) is 12.9. The second-order valence-corrected chi connectivity index (χ2v) is 5.37. The van der Waals surface area contributed by atoms with Crippen molar-refractivity contribution in [3.05, 3.63) is 45.9 Å². The molecule has 0 fully saturated rings. The lowest BCUT2D eigenvalue weighted by Crippen LogP contribution is -1.96. The molecular formula is C16H13Cl2NO3. The largest absolute Gasteiger partial charge is 0.493 e. The van der Waals surface area contributed by atoms with Crippen molar-refractivity contribution >= 4 is 35.1 Å². The molecule has 1 aliphatic heterocycles. The summed E-state index contributed by atoms with van der Waals surface area (Å²) in [5.41, 5.74) is 1.42. The van der Waals surface area contributed by atoms with Gasteiger partial charge < -0.3 is 14.2 Å². The fourth-order valence-electron chi connectivity index (χ4n) is 2.05. The summed E-state index contributed by atoms with van der Waals surface area (Å²) < 4.78 is 16.4. The van der Waals surface area contributed by atoms with Crippen LogP contribution in [0.2, 0.25) is 10.0 Å². The summed E-state index contributed by atoms with van der Waals surface area (Å²) in [6.45, 7) is 2.67. The summed E-state index contributed by atoms with van der Waals surface area (Å²) in [5, 5.41) is 1.06. The van der Waals surface area contributed by atoms with Crippen LogP contribution in [0.15, 0.2) is 35.3 Å². The van der Waals surface area contributed by atoms with Crippen LogP contribution in [0.5, 0.6) is 17.2 Å². The topological polar surface area (TPSA) is 40.0 Å². The summed E-state index contributed by atoms with van der Waals surface area (Å²) in [5.74, 6) is 2.03. The van der Waals surface area contributed by atoms with E-state index >= 15 is 0 Å². The molecular weight excluding hydrogens is 325 g/mol. The molecule has 0 atom stereocenters. The molecule has 0 unspecified atom stereocenters. The molecule has 2 aromatic carbocycles. The Balaban J connectivity index is 1.95. The average Bonchev–Trinajstić information content (AvgIpc) is 2.93. The standard InChI is InChI=1S/C16H13Cl2NO3/c1-2-20-14-7-16-15(21-9-22-16)5-10(14)8-19-13-4-3-11(17)6-12(13)18/h3-8H,2,9H2,1H3. The van der Waals surface area contributed by atoms with Crippen LogP contribution in [-0.4, -0.2) is 19.6 Å². The summed E-state index contributed by atoms with van der Waals surface area (Å²) in [4.78, 5) is 4.39. The van der Waals surface area contributed by atoms with Crippen LogP contribution in [-0.2, 0) is 0 Å². The van der Waals surface area contributed by atoms with Gasteiger partial charge in [0.05, 0.1) is 17.3 Å². The fraction of sp³-hybridized carbons (Fsp3) is 0.188. The van der Waals surface area contributed by atoms with Gasteiger partial charge in [-0.2, -0.15) is 0 Å². The maximum Gasteiger partial charge on any atom is 0.231 e. The molecule has 0 radical (unpaired) electrons. The van der Waals surface area contributed by atoms with Gasteiger partial charge >= 0.3 is 0 Å². The van der Waals surface area contributed by atoms with E-state index in [1.807, 2.05) is 13.0 Å². The number of fused-ring (bicyclic) bond motifs is 1. The zero-order valence-corrected chi connectivity index (χ0v) is 13.3. The Morgan fingerprint density at radius 3 is 2.68 bits per heavy atom. The average molecular weight is 338 g/mol. The molecule has 0 amide bonds. The zero-order chi connectivity index (χ0) is 15.5. The molecule has 0 bridgehead atoms. The first-order valence-corrected chi connectivity index (χ1v) is 7.48. The van der Waals surface area contributed by atoms with Gasteiger partial charge in [-0.15, -0.1) is 0 Å². The van der Waals surface area contributed by atoms with Crippen molar-refractivity contribution in [3.8, 4) is 17.2 Å². The third-order valence-corrected chi connectivity index (χ3v) is 3.60. The third kappa shape index (κ3) is 3.13. The molecule has 0 N–H and O–H groups in total. The quantitative estimate of drug-likeness (QED) is 0.747. The first kappa shape index (κ1) is 15.0. The van der Waals surface area contributed by atoms with E-state index in [2.05, 4.69) is 4.99 Å². The highest BCUT2D eigenvalue weighted by Gasteiger charge is 2.17. The van der Waals surface area contributed by atoms with Crippen molar-refractivity contribution in [1.29, 1.82) is 0 Å². The Labute approximate surface area is 138 Å². The van der Waals surface area contributed by atoms with Crippen LogP contribution in [0.4, 0.5) is 5.69 Å². The summed E-state index contributed by atoms with van der Waals surface area (Å²) in [6, 6.07) is 8.79.